The number of aryl methyl sites for hydroxylation is 2. The van der Waals surface area contributed by atoms with Crippen LogP contribution in [-0.4, -0.2) is 29.9 Å². The summed E-state index contributed by atoms with van der Waals surface area (Å²) in [4.78, 5) is 41.1. The molecule has 0 aliphatic heterocycles. The van der Waals surface area contributed by atoms with E-state index in [0.29, 0.717) is 41.8 Å². The largest absolute Gasteiger partial charge is 0.465 e. The quantitative estimate of drug-likeness (QED) is 0.512. The van der Waals surface area contributed by atoms with Gasteiger partial charge in [0.1, 0.15) is 0 Å². The van der Waals surface area contributed by atoms with Gasteiger partial charge in [-0.1, -0.05) is 12.1 Å². The van der Waals surface area contributed by atoms with Gasteiger partial charge in [-0.25, -0.2) is 19.1 Å². The van der Waals surface area contributed by atoms with Crippen LogP contribution in [0.15, 0.2) is 76.8 Å². The van der Waals surface area contributed by atoms with Crippen molar-refractivity contribution in [3.05, 3.63) is 88.1 Å². The van der Waals surface area contributed by atoms with Crippen LogP contribution in [0.25, 0.3) is 16.6 Å². The first kappa shape index (κ1) is 19.2. The highest BCUT2D eigenvalue weighted by Crippen LogP contribution is 2.14. The Balaban J connectivity index is 1.77. The second kappa shape index (κ2) is 8.08. The van der Waals surface area contributed by atoms with Gasteiger partial charge in [-0.3, -0.25) is 14.7 Å². The van der Waals surface area contributed by atoms with Gasteiger partial charge in [0.2, 0.25) is 0 Å². The van der Waals surface area contributed by atoms with Crippen molar-refractivity contribution in [1.29, 1.82) is 0 Å². The zero-order valence-corrected chi connectivity index (χ0v) is 15.9. The van der Waals surface area contributed by atoms with E-state index in [9.17, 15) is 14.4 Å². The fraction of sp³-hybridized carbons (Fsp3) is 0.143. The Morgan fingerprint density at radius 3 is 2.50 bits per heavy atom. The fourth-order valence-electron chi connectivity index (χ4n) is 3.41. The molecule has 2 aromatic heterocycles. The molecule has 0 saturated heterocycles. The van der Waals surface area contributed by atoms with Crippen molar-refractivity contribution >= 4 is 22.7 Å². The maximum atomic E-state index is 13.3. The Hall–Kier alpha value is -4.14. The lowest BCUT2D eigenvalue weighted by atomic mass is 10.2. The topological polar surface area (TPSA) is 111 Å². The molecule has 0 saturated carbocycles. The zero-order chi connectivity index (χ0) is 21.1. The standard InChI is InChI=1S/C21H19N5O4/c27-19-17-4-1-2-5-18(17)25(12-3-11-24-13-10-22-14-24)21(30)26(19)16-8-6-15(7-9-16)23-20(28)29/h1-2,4-10,13-14,23H,3,11-12H2,(H,28,29). The number of fused-ring (bicyclic) bond motifs is 1. The van der Waals surface area contributed by atoms with Gasteiger partial charge in [0.25, 0.3) is 5.56 Å². The summed E-state index contributed by atoms with van der Waals surface area (Å²) in [5.74, 6) is 0. The molecule has 0 bridgehead atoms. The van der Waals surface area contributed by atoms with Crippen LogP contribution >= 0.6 is 0 Å². The van der Waals surface area contributed by atoms with Crippen molar-refractivity contribution in [2.75, 3.05) is 5.32 Å². The number of para-hydroxylation sites is 1. The Kier molecular flexibility index (Phi) is 5.17. The predicted octanol–water partition coefficient (Wildman–Crippen LogP) is 2.53. The van der Waals surface area contributed by atoms with Gasteiger partial charge in [0.05, 0.1) is 22.9 Å². The molecule has 0 radical (unpaired) electrons. The zero-order valence-electron chi connectivity index (χ0n) is 15.9. The summed E-state index contributed by atoms with van der Waals surface area (Å²) in [7, 11) is 0. The third kappa shape index (κ3) is 3.72. The number of amides is 1. The molecule has 2 aromatic carbocycles. The van der Waals surface area contributed by atoms with Crippen LogP contribution < -0.4 is 16.6 Å². The van der Waals surface area contributed by atoms with E-state index in [-0.39, 0.29) is 0 Å². The SMILES string of the molecule is O=C(O)Nc1ccc(-n2c(=O)c3ccccc3n(CCCn3ccnc3)c2=O)cc1. The first-order chi connectivity index (χ1) is 14.5. The molecule has 9 nitrogen and oxygen atoms in total. The Labute approximate surface area is 170 Å². The summed E-state index contributed by atoms with van der Waals surface area (Å²) in [5, 5.41) is 11.5. The first-order valence-electron chi connectivity index (χ1n) is 9.35. The minimum absolute atomic E-state index is 0.348. The van der Waals surface area contributed by atoms with Gasteiger partial charge >= 0.3 is 11.8 Å². The summed E-state index contributed by atoms with van der Waals surface area (Å²) in [6.07, 6.45) is 4.76. The average molecular weight is 405 g/mol. The third-order valence-corrected chi connectivity index (χ3v) is 4.78. The van der Waals surface area contributed by atoms with E-state index in [0.717, 1.165) is 4.57 Å². The molecular weight excluding hydrogens is 386 g/mol. The van der Waals surface area contributed by atoms with E-state index in [2.05, 4.69) is 10.3 Å². The van der Waals surface area contributed by atoms with Crippen LogP contribution in [0.3, 0.4) is 0 Å². The molecule has 4 aromatic rings. The van der Waals surface area contributed by atoms with Crippen molar-refractivity contribution in [2.45, 2.75) is 19.5 Å². The van der Waals surface area contributed by atoms with Gasteiger partial charge in [-0.15, -0.1) is 0 Å². The molecule has 4 rings (SSSR count). The van der Waals surface area contributed by atoms with Crippen LogP contribution in [0.2, 0.25) is 0 Å². The second-order valence-corrected chi connectivity index (χ2v) is 6.72. The Morgan fingerprint density at radius 1 is 1.03 bits per heavy atom. The Bertz CT molecular complexity index is 1300. The minimum Gasteiger partial charge on any atom is -0.465 e. The first-order valence-corrected chi connectivity index (χ1v) is 9.35. The van der Waals surface area contributed by atoms with Gasteiger partial charge in [0.15, 0.2) is 0 Å². The van der Waals surface area contributed by atoms with Crippen LogP contribution in [-0.2, 0) is 13.1 Å². The molecule has 2 N–H and O–H groups in total. The lowest BCUT2D eigenvalue weighted by Crippen LogP contribution is -2.39. The number of benzene rings is 2. The van der Waals surface area contributed by atoms with Crippen molar-refractivity contribution < 1.29 is 9.90 Å². The van der Waals surface area contributed by atoms with E-state index in [4.69, 9.17) is 5.11 Å². The summed E-state index contributed by atoms with van der Waals surface area (Å²) < 4.78 is 4.64. The molecule has 152 valence electrons. The minimum atomic E-state index is -1.19. The number of nitrogens with one attached hydrogen (secondary N) is 1. The summed E-state index contributed by atoms with van der Waals surface area (Å²) in [6, 6.07) is 13.1. The lowest BCUT2D eigenvalue weighted by molar-refractivity contribution is 0.210. The van der Waals surface area contributed by atoms with Crippen molar-refractivity contribution in [3.63, 3.8) is 0 Å². The number of aromatic nitrogens is 4. The van der Waals surface area contributed by atoms with Crippen molar-refractivity contribution in [3.8, 4) is 5.69 Å². The number of anilines is 1. The molecule has 1 amide bonds. The normalized spacial score (nSPS) is 10.9. The van der Waals surface area contributed by atoms with E-state index in [1.54, 1.807) is 53.5 Å². The highest BCUT2D eigenvalue weighted by atomic mass is 16.4. The van der Waals surface area contributed by atoms with Crippen molar-refractivity contribution in [2.24, 2.45) is 0 Å². The summed E-state index contributed by atoms with van der Waals surface area (Å²) in [5.41, 5.74) is 0.443. The molecule has 0 fully saturated rings. The van der Waals surface area contributed by atoms with Gasteiger partial charge in [0, 0.05) is 31.2 Å². The summed E-state index contributed by atoms with van der Waals surface area (Å²) >= 11 is 0. The van der Waals surface area contributed by atoms with Crippen molar-refractivity contribution in [1.82, 2.24) is 18.7 Å². The van der Waals surface area contributed by atoms with E-state index in [1.165, 1.54) is 12.1 Å². The number of imidazole rings is 1. The van der Waals surface area contributed by atoms with Crippen LogP contribution in [0.5, 0.6) is 0 Å². The number of nitrogens with zero attached hydrogens (tertiary/aromatic N) is 4. The molecular formula is C21H19N5O4. The van der Waals surface area contributed by atoms with E-state index in [1.807, 2.05) is 10.8 Å². The molecule has 0 aliphatic rings. The van der Waals surface area contributed by atoms with Gasteiger partial charge in [-0.2, -0.15) is 0 Å². The molecule has 9 heteroatoms. The number of hydrogen-bond donors (Lipinski definition) is 2. The average Bonchev–Trinajstić information content (AvgIpc) is 3.25. The molecule has 2 heterocycles. The molecule has 0 unspecified atom stereocenters. The van der Waals surface area contributed by atoms with Crippen LogP contribution in [0, 0.1) is 0 Å². The van der Waals surface area contributed by atoms with E-state index < -0.39 is 17.3 Å². The maximum absolute atomic E-state index is 13.3. The number of carbonyl (C=O) groups is 1. The molecule has 0 atom stereocenters. The predicted molar refractivity (Wildman–Crippen MR) is 112 cm³/mol. The number of rotatable bonds is 6. The highest BCUT2D eigenvalue weighted by Gasteiger charge is 2.14. The fourth-order valence-corrected chi connectivity index (χ4v) is 3.41. The monoisotopic (exact) mass is 405 g/mol. The van der Waals surface area contributed by atoms with Crippen LogP contribution in [0.4, 0.5) is 10.5 Å². The second-order valence-electron chi connectivity index (χ2n) is 6.72. The molecule has 0 aliphatic carbocycles. The smallest absolute Gasteiger partial charge is 0.409 e. The van der Waals surface area contributed by atoms with E-state index >= 15 is 0 Å². The molecule has 0 spiro atoms. The van der Waals surface area contributed by atoms with Gasteiger partial charge in [-0.05, 0) is 42.8 Å². The number of carboxylic acid groups (broad SMARTS) is 1. The number of hydrogen-bond acceptors (Lipinski definition) is 4. The van der Waals surface area contributed by atoms with Crippen LogP contribution in [0.1, 0.15) is 6.42 Å². The third-order valence-electron chi connectivity index (χ3n) is 4.78. The lowest BCUT2D eigenvalue weighted by Gasteiger charge is -2.14. The maximum Gasteiger partial charge on any atom is 0.409 e. The van der Waals surface area contributed by atoms with Gasteiger partial charge < -0.3 is 9.67 Å². The Morgan fingerprint density at radius 2 is 1.80 bits per heavy atom. The highest BCUT2D eigenvalue weighted by molar-refractivity contribution is 5.83. The summed E-state index contributed by atoms with van der Waals surface area (Å²) in [6.45, 7) is 1.12. The molecule has 30 heavy (non-hydrogen) atoms.